The normalized spacial score (nSPS) is 15.8. The Bertz CT molecular complexity index is 553. The van der Waals surface area contributed by atoms with E-state index in [1.807, 2.05) is 0 Å². The number of hydrogen-bond donors (Lipinski definition) is 1. The fourth-order valence-electron chi connectivity index (χ4n) is 2.52. The van der Waals surface area contributed by atoms with Crippen molar-refractivity contribution in [1.29, 1.82) is 0 Å². The van der Waals surface area contributed by atoms with E-state index in [4.69, 9.17) is 5.73 Å². The molecule has 2 N–H and O–H groups in total. The molecule has 0 unspecified atom stereocenters. The molecule has 0 saturated heterocycles. The van der Waals surface area contributed by atoms with Gasteiger partial charge in [0.25, 0.3) is 0 Å². The maximum absolute atomic E-state index is 5.70. The largest absolute Gasteiger partial charge is 0.382 e. The maximum Gasteiger partial charge on any atom is 0.142 e. The summed E-state index contributed by atoms with van der Waals surface area (Å²) < 4.78 is 0. The van der Waals surface area contributed by atoms with Crippen LogP contribution >= 0.6 is 0 Å². The zero-order chi connectivity index (χ0) is 13.1. The summed E-state index contributed by atoms with van der Waals surface area (Å²) in [5.74, 6) is 0.523. The van der Waals surface area contributed by atoms with Crippen molar-refractivity contribution in [3.05, 3.63) is 53.5 Å². The fourth-order valence-corrected chi connectivity index (χ4v) is 2.52. The Morgan fingerprint density at radius 2 is 1.79 bits per heavy atom. The molecule has 1 aromatic carbocycles. The second kappa shape index (κ2) is 5.36. The van der Waals surface area contributed by atoms with Crippen LogP contribution in [0.1, 0.15) is 17.0 Å². The number of rotatable bonds is 2. The van der Waals surface area contributed by atoms with Gasteiger partial charge < -0.3 is 5.73 Å². The molecule has 0 radical (unpaired) electrons. The van der Waals surface area contributed by atoms with Crippen LogP contribution in [0.3, 0.4) is 0 Å². The third-order valence-electron chi connectivity index (χ3n) is 3.53. The first kappa shape index (κ1) is 12.1. The van der Waals surface area contributed by atoms with Crippen LogP contribution in [0.2, 0.25) is 0 Å². The van der Waals surface area contributed by atoms with Gasteiger partial charge in [-0.1, -0.05) is 30.3 Å². The van der Waals surface area contributed by atoms with E-state index in [0.29, 0.717) is 5.82 Å². The molecule has 1 aliphatic rings. The number of nitrogen functional groups attached to an aromatic ring is 1. The molecule has 4 nitrogen and oxygen atoms in total. The van der Waals surface area contributed by atoms with E-state index in [2.05, 4.69) is 45.2 Å². The molecule has 98 valence electrons. The van der Waals surface area contributed by atoms with Crippen molar-refractivity contribution in [2.75, 3.05) is 18.8 Å². The summed E-state index contributed by atoms with van der Waals surface area (Å²) in [5, 5.41) is 0. The molecule has 4 heteroatoms. The standard InChI is InChI=1S/C15H18N4/c16-15-10-17-13-6-8-19(9-7-14(13)18-15)11-12-4-2-1-3-5-12/h1-5,10H,6-9,11H2,(H2,16,18). The number of fused-ring (bicyclic) bond motifs is 1. The minimum atomic E-state index is 0.523. The van der Waals surface area contributed by atoms with Crippen molar-refractivity contribution in [2.45, 2.75) is 19.4 Å². The van der Waals surface area contributed by atoms with Crippen LogP contribution in [0.5, 0.6) is 0 Å². The lowest BCUT2D eigenvalue weighted by molar-refractivity contribution is 0.278. The first-order chi connectivity index (χ1) is 9.31. The summed E-state index contributed by atoms with van der Waals surface area (Å²) >= 11 is 0. The van der Waals surface area contributed by atoms with Crippen molar-refractivity contribution >= 4 is 5.82 Å². The van der Waals surface area contributed by atoms with E-state index >= 15 is 0 Å². The lowest BCUT2D eigenvalue weighted by atomic mass is 10.2. The van der Waals surface area contributed by atoms with Crippen LogP contribution in [-0.4, -0.2) is 28.0 Å². The van der Waals surface area contributed by atoms with Crippen molar-refractivity contribution in [3.8, 4) is 0 Å². The lowest BCUT2D eigenvalue weighted by Gasteiger charge is -2.19. The fraction of sp³-hybridized carbons (Fsp3) is 0.333. The predicted molar refractivity (Wildman–Crippen MR) is 75.6 cm³/mol. The number of hydrogen-bond acceptors (Lipinski definition) is 4. The number of aromatic nitrogens is 2. The van der Waals surface area contributed by atoms with Gasteiger partial charge in [-0.15, -0.1) is 0 Å². The Kier molecular flexibility index (Phi) is 3.42. The summed E-state index contributed by atoms with van der Waals surface area (Å²) in [5.41, 5.74) is 9.23. The summed E-state index contributed by atoms with van der Waals surface area (Å²) in [6.45, 7) is 3.03. The summed E-state index contributed by atoms with van der Waals surface area (Å²) in [6, 6.07) is 10.6. The SMILES string of the molecule is Nc1cnc2c(n1)CCN(Cc1ccccc1)CC2. The Morgan fingerprint density at radius 3 is 2.58 bits per heavy atom. The maximum atomic E-state index is 5.70. The number of benzene rings is 1. The topological polar surface area (TPSA) is 55.0 Å². The highest BCUT2D eigenvalue weighted by atomic mass is 15.1. The van der Waals surface area contributed by atoms with Crippen LogP contribution in [0.25, 0.3) is 0 Å². The van der Waals surface area contributed by atoms with Gasteiger partial charge in [0.1, 0.15) is 5.82 Å². The van der Waals surface area contributed by atoms with Gasteiger partial charge in [0.05, 0.1) is 17.6 Å². The molecular weight excluding hydrogens is 236 g/mol. The van der Waals surface area contributed by atoms with Gasteiger partial charge >= 0.3 is 0 Å². The molecule has 0 spiro atoms. The van der Waals surface area contributed by atoms with E-state index in [1.54, 1.807) is 6.20 Å². The molecule has 0 bridgehead atoms. The van der Waals surface area contributed by atoms with Crippen LogP contribution in [0, 0.1) is 0 Å². The molecule has 0 atom stereocenters. The minimum Gasteiger partial charge on any atom is -0.382 e. The molecule has 0 saturated carbocycles. The van der Waals surface area contributed by atoms with Gasteiger partial charge in [0.2, 0.25) is 0 Å². The van der Waals surface area contributed by atoms with E-state index in [-0.39, 0.29) is 0 Å². The van der Waals surface area contributed by atoms with Gasteiger partial charge in [-0.3, -0.25) is 9.88 Å². The quantitative estimate of drug-likeness (QED) is 0.885. The Hall–Kier alpha value is -1.94. The van der Waals surface area contributed by atoms with E-state index in [0.717, 1.165) is 43.9 Å². The predicted octanol–water partition coefficient (Wildman–Crippen LogP) is 1.66. The molecule has 2 aromatic rings. The third-order valence-corrected chi connectivity index (χ3v) is 3.53. The minimum absolute atomic E-state index is 0.523. The van der Waals surface area contributed by atoms with Crippen molar-refractivity contribution in [1.82, 2.24) is 14.9 Å². The molecule has 2 heterocycles. The molecule has 1 aliphatic heterocycles. The first-order valence-corrected chi connectivity index (χ1v) is 6.68. The van der Waals surface area contributed by atoms with Crippen molar-refractivity contribution < 1.29 is 0 Å². The average molecular weight is 254 g/mol. The summed E-state index contributed by atoms with van der Waals surface area (Å²) in [4.78, 5) is 11.3. The first-order valence-electron chi connectivity index (χ1n) is 6.68. The molecule has 0 fully saturated rings. The average Bonchev–Trinajstić information content (AvgIpc) is 2.63. The van der Waals surface area contributed by atoms with Gasteiger partial charge in [0.15, 0.2) is 0 Å². The monoisotopic (exact) mass is 254 g/mol. The number of anilines is 1. The highest BCUT2D eigenvalue weighted by Crippen LogP contribution is 2.14. The van der Waals surface area contributed by atoms with E-state index in [9.17, 15) is 0 Å². The van der Waals surface area contributed by atoms with Crippen molar-refractivity contribution in [3.63, 3.8) is 0 Å². The Balaban J connectivity index is 1.70. The van der Waals surface area contributed by atoms with Crippen LogP contribution in [0.4, 0.5) is 5.82 Å². The van der Waals surface area contributed by atoms with Crippen LogP contribution in [-0.2, 0) is 19.4 Å². The molecule has 19 heavy (non-hydrogen) atoms. The Morgan fingerprint density at radius 1 is 1.05 bits per heavy atom. The highest BCUT2D eigenvalue weighted by Gasteiger charge is 2.16. The highest BCUT2D eigenvalue weighted by molar-refractivity contribution is 5.28. The molecule has 3 rings (SSSR count). The van der Waals surface area contributed by atoms with Gasteiger partial charge in [-0.05, 0) is 5.56 Å². The van der Waals surface area contributed by atoms with Gasteiger partial charge in [-0.25, -0.2) is 4.98 Å². The van der Waals surface area contributed by atoms with Crippen LogP contribution in [0.15, 0.2) is 36.5 Å². The number of nitrogens with zero attached hydrogens (tertiary/aromatic N) is 3. The summed E-state index contributed by atoms with van der Waals surface area (Å²) in [6.07, 6.45) is 3.54. The van der Waals surface area contributed by atoms with E-state index < -0.39 is 0 Å². The molecule has 0 amide bonds. The third kappa shape index (κ3) is 2.90. The van der Waals surface area contributed by atoms with Gasteiger partial charge in [0, 0.05) is 32.5 Å². The smallest absolute Gasteiger partial charge is 0.142 e. The zero-order valence-electron chi connectivity index (χ0n) is 10.9. The number of nitrogens with two attached hydrogens (primary N) is 1. The Labute approximate surface area is 113 Å². The van der Waals surface area contributed by atoms with Gasteiger partial charge in [-0.2, -0.15) is 0 Å². The lowest BCUT2D eigenvalue weighted by Crippen LogP contribution is -2.25. The molecular formula is C15H18N4. The zero-order valence-corrected chi connectivity index (χ0v) is 10.9. The molecule has 0 aliphatic carbocycles. The summed E-state index contributed by atoms with van der Waals surface area (Å²) in [7, 11) is 0. The van der Waals surface area contributed by atoms with Crippen molar-refractivity contribution in [2.24, 2.45) is 0 Å². The second-order valence-electron chi connectivity index (χ2n) is 4.95. The molecule has 1 aromatic heterocycles. The van der Waals surface area contributed by atoms with E-state index in [1.165, 1.54) is 5.56 Å². The second-order valence-corrected chi connectivity index (χ2v) is 4.95. The van der Waals surface area contributed by atoms with Crippen LogP contribution < -0.4 is 5.73 Å².